The Balaban J connectivity index is 0.00000372. The van der Waals surface area contributed by atoms with Gasteiger partial charge in [-0.25, -0.2) is 14.6 Å². The molecule has 0 aliphatic heterocycles. The molecule has 0 N–H and O–H groups in total. The van der Waals surface area contributed by atoms with Gasteiger partial charge in [-0.05, 0) is 60.6 Å². The van der Waals surface area contributed by atoms with Crippen molar-refractivity contribution >= 4 is 81.1 Å². The van der Waals surface area contributed by atoms with Gasteiger partial charge in [-0.1, -0.05) is 97.1 Å². The average Bonchev–Trinajstić information content (AvgIpc) is 3.99. The van der Waals surface area contributed by atoms with E-state index in [0.29, 0.717) is 23.3 Å². The number of hydrogen-bond donors (Lipinski definition) is 0. The molecule has 9 nitrogen and oxygen atoms in total. The molecule has 5 heterocycles. The average molecular weight is 758 g/mol. The second-order valence-electron chi connectivity index (χ2n) is 13.0. The molecule has 53 heavy (non-hydrogen) atoms. The third kappa shape index (κ3) is 5.15. The maximum absolute atomic E-state index is 6.41. The van der Waals surface area contributed by atoms with Crippen LogP contribution in [0.3, 0.4) is 0 Å². The molecule has 0 unspecified atom stereocenters. The largest absolute Gasteiger partial charge is 0.430 e. The van der Waals surface area contributed by atoms with E-state index in [4.69, 9.17) is 18.8 Å². The van der Waals surface area contributed by atoms with E-state index in [9.17, 15) is 0 Å². The van der Waals surface area contributed by atoms with Crippen LogP contribution in [0.1, 0.15) is 11.4 Å². The van der Waals surface area contributed by atoms with Gasteiger partial charge in [0.25, 0.3) is 0 Å². The van der Waals surface area contributed by atoms with Crippen LogP contribution in [0, 0.1) is 13.8 Å². The Morgan fingerprint density at radius 2 is 1.34 bits per heavy atom. The van der Waals surface area contributed by atoms with Crippen molar-refractivity contribution in [2.24, 2.45) is 7.05 Å². The van der Waals surface area contributed by atoms with Crippen molar-refractivity contribution in [2.45, 2.75) is 13.8 Å². The van der Waals surface area contributed by atoms with Gasteiger partial charge in [-0.15, -0.1) is 0 Å². The Labute approximate surface area is 316 Å². The minimum atomic E-state index is -1.54. The molecule has 0 aliphatic carbocycles. The third-order valence-electron chi connectivity index (χ3n) is 9.73. The van der Waals surface area contributed by atoms with E-state index < -0.39 is 8.96 Å². The first kappa shape index (κ1) is 32.8. The summed E-state index contributed by atoms with van der Waals surface area (Å²) in [4.78, 5) is 12.5. The van der Waals surface area contributed by atoms with E-state index in [0.717, 1.165) is 44.7 Å². The summed E-state index contributed by atoms with van der Waals surface area (Å²) in [5, 5.41) is 9.62. The zero-order chi connectivity index (χ0) is 34.9. The van der Waals surface area contributed by atoms with Crippen molar-refractivity contribution in [3.8, 4) is 5.69 Å². The fraction of sp³-hybridized carbons (Fsp3) is 0.0714. The Kier molecular flexibility index (Phi) is 7.92. The van der Waals surface area contributed by atoms with Gasteiger partial charge in [0.1, 0.15) is 17.5 Å². The molecule has 0 atom stereocenters. The van der Waals surface area contributed by atoms with Crippen molar-refractivity contribution in [2.75, 3.05) is 4.90 Å². The van der Waals surface area contributed by atoms with Crippen molar-refractivity contribution in [1.82, 2.24) is 28.5 Å². The Hall–Kier alpha value is -6.13. The quantitative estimate of drug-likeness (QED) is 0.152. The summed E-state index contributed by atoms with van der Waals surface area (Å²) in [5.41, 5.74) is 8.23. The SMILES string of the molecule is Cc1cc(C)n(-c2coc3oc(N(c4ccccc4)c4nc5c(ccc6c7ccccc7n([Si](c7ccccc7)c7ccccc7)c65)n4C)nc23)n1.[Cu]. The van der Waals surface area contributed by atoms with Crippen molar-refractivity contribution in [3.63, 3.8) is 0 Å². The molecule has 11 heteroatoms. The van der Waals surface area contributed by atoms with Crippen molar-refractivity contribution in [1.29, 1.82) is 0 Å². The zero-order valence-corrected chi connectivity index (χ0v) is 31.0. The van der Waals surface area contributed by atoms with E-state index >= 15 is 0 Å². The van der Waals surface area contributed by atoms with Crippen LogP contribution in [-0.4, -0.2) is 37.5 Å². The molecule has 0 saturated carbocycles. The Morgan fingerprint density at radius 3 is 2.02 bits per heavy atom. The molecule has 10 rings (SSSR count). The summed E-state index contributed by atoms with van der Waals surface area (Å²) in [6.45, 7) is 3.98. The predicted octanol–water partition coefficient (Wildman–Crippen LogP) is 8.34. The molecule has 10 aromatic rings. The number of fused-ring (bicyclic) bond motifs is 6. The standard InChI is InChI=1S/C42H32N7O2Si.Cu/c1-27-25-28(2)48(45-27)36-26-50-40-38(36)44-42(51-40)47(29-15-7-4-8-16-29)41-43-37-35(46(41)3)24-23-33-32-21-13-14-22-34(32)49(39(33)37)52(30-17-9-5-10-18-30)31-19-11-6-12-20-31;/h4-26H,1-3H3;. The summed E-state index contributed by atoms with van der Waals surface area (Å²) in [5.74, 6) is 0.980. The van der Waals surface area contributed by atoms with Gasteiger partial charge < -0.3 is 17.6 Å². The van der Waals surface area contributed by atoms with Gasteiger partial charge in [-0.3, -0.25) is 0 Å². The number of rotatable bonds is 7. The van der Waals surface area contributed by atoms with Gasteiger partial charge in [0.05, 0.1) is 22.4 Å². The Morgan fingerprint density at radius 1 is 0.679 bits per heavy atom. The molecule has 0 amide bonds. The van der Waals surface area contributed by atoms with Crippen LogP contribution in [0.4, 0.5) is 17.7 Å². The number of furan rings is 1. The predicted molar refractivity (Wildman–Crippen MR) is 208 cm³/mol. The molecular weight excluding hydrogens is 726 g/mol. The third-order valence-corrected chi connectivity index (χ3v) is 12.4. The first-order valence-corrected chi connectivity index (χ1v) is 18.6. The monoisotopic (exact) mass is 757 g/mol. The maximum Gasteiger partial charge on any atom is 0.321 e. The summed E-state index contributed by atoms with van der Waals surface area (Å²) >= 11 is 0. The molecular formula is C42H32CuN7O2Si. The molecule has 0 spiro atoms. The number of aromatic nitrogens is 6. The van der Waals surface area contributed by atoms with Gasteiger partial charge in [0, 0.05) is 46.1 Å². The number of benzene rings is 5. The number of imidazole rings is 1. The maximum atomic E-state index is 6.41. The molecule has 0 aliphatic rings. The van der Waals surface area contributed by atoms with E-state index in [1.165, 1.54) is 21.3 Å². The summed E-state index contributed by atoms with van der Waals surface area (Å²) in [7, 11) is 0.508. The number of oxazole rings is 1. The zero-order valence-electron chi connectivity index (χ0n) is 29.0. The van der Waals surface area contributed by atoms with Crippen LogP contribution in [0.15, 0.2) is 149 Å². The Bertz CT molecular complexity index is 2870. The fourth-order valence-corrected chi connectivity index (χ4v) is 10.2. The number of para-hydroxylation sites is 2. The molecule has 0 fully saturated rings. The smallest absolute Gasteiger partial charge is 0.321 e. The number of hydrogen-bond acceptors (Lipinski definition) is 6. The van der Waals surface area contributed by atoms with Crippen LogP contribution < -0.4 is 15.3 Å². The van der Waals surface area contributed by atoms with E-state index in [2.05, 4.69) is 111 Å². The topological polar surface area (TPSA) is 83.0 Å². The van der Waals surface area contributed by atoms with Crippen LogP contribution in [-0.2, 0) is 24.1 Å². The van der Waals surface area contributed by atoms with Gasteiger partial charge in [0.15, 0.2) is 5.52 Å². The summed E-state index contributed by atoms with van der Waals surface area (Å²) in [6.07, 6.45) is 1.64. The van der Waals surface area contributed by atoms with Crippen LogP contribution >= 0.6 is 0 Å². The molecule has 0 saturated heterocycles. The second-order valence-corrected chi connectivity index (χ2v) is 15.3. The summed E-state index contributed by atoms with van der Waals surface area (Å²) in [6, 6.07) is 47.3. The number of anilines is 3. The van der Waals surface area contributed by atoms with Gasteiger partial charge in [-0.2, -0.15) is 10.1 Å². The van der Waals surface area contributed by atoms with Crippen LogP contribution in [0.25, 0.3) is 49.8 Å². The van der Waals surface area contributed by atoms with Crippen molar-refractivity contribution < 1.29 is 25.9 Å². The fourth-order valence-electron chi connectivity index (χ4n) is 7.45. The first-order valence-electron chi connectivity index (χ1n) is 17.2. The van der Waals surface area contributed by atoms with Gasteiger partial charge in [0.2, 0.25) is 14.9 Å². The second kappa shape index (κ2) is 12.8. The number of aryl methyl sites for hydroxylation is 3. The van der Waals surface area contributed by atoms with Gasteiger partial charge >= 0.3 is 11.8 Å². The normalized spacial score (nSPS) is 11.7. The van der Waals surface area contributed by atoms with Crippen LogP contribution in [0.2, 0.25) is 0 Å². The molecule has 262 valence electrons. The molecule has 5 aromatic heterocycles. The van der Waals surface area contributed by atoms with Crippen molar-refractivity contribution in [3.05, 3.63) is 151 Å². The number of nitrogens with zero attached hydrogens (tertiary/aromatic N) is 7. The first-order chi connectivity index (χ1) is 25.5. The molecule has 0 bridgehead atoms. The van der Waals surface area contributed by atoms with Crippen LogP contribution in [0.5, 0.6) is 0 Å². The van der Waals surface area contributed by atoms with E-state index in [1.807, 2.05) is 66.9 Å². The summed E-state index contributed by atoms with van der Waals surface area (Å²) < 4.78 is 18.9. The molecule has 2 radical (unpaired) electrons. The minimum Gasteiger partial charge on any atom is -0.430 e. The van der Waals surface area contributed by atoms with E-state index in [-0.39, 0.29) is 17.1 Å². The minimum absolute atomic E-state index is 0. The molecule has 5 aromatic carbocycles. The van der Waals surface area contributed by atoms with E-state index in [1.54, 1.807) is 6.26 Å².